The van der Waals surface area contributed by atoms with E-state index in [0.29, 0.717) is 37.2 Å². The van der Waals surface area contributed by atoms with Gasteiger partial charge in [-0.2, -0.15) is 0 Å². The average molecular weight is 1880 g/mol. The van der Waals surface area contributed by atoms with E-state index in [-0.39, 0.29) is 120 Å². The number of fused-ring (bicyclic) bond motifs is 3. The van der Waals surface area contributed by atoms with E-state index in [4.69, 9.17) is 28.9 Å². The highest BCUT2D eigenvalue weighted by Gasteiger charge is 2.75. The standard InChI is InChI=1S/C33H49N5O6S.C31H51N5O6.C30H45Cl2N5O6/c1-10-13-20(25(39)29(42)34-15-11-2)35-28(41)24-22-19(33(22,8)9)17-38(24)30(43)27(32(5,6)7)37-31(44)36-23(18(3)4)26(40)21-14-12-16-45-21;1-15(2)21(37)23(29(3,4)5)34-28(42)35-24(30(6,7)8)27(41)36-14-17-19(31(17,9)10)20(36)26(40)33-18(13-16-11-12-16)22(38)25(32)39;1-8-10-18(23(39)26(41)33-13-9-2)34-25(40)21-19-17(30(19,31)32)14-37(21)27(42)24(29(5,6)7)36-28(43)35-20(15(3)4)22(38)16-11-12-16/h11-12,14,16,18-20,22-24,27H,2,10,13,15,17H2,1,3-9H3,(H,34,42)(H,35,41)(H2,36,37,44);15-20,23-24H,11-14H2,1-10H3,(H2,32,39)(H,33,40)(H2,34,35,42);9,15-21,24H,2,8,10-14H2,1,3-7H3,(H,33,41)(H,34,40)(H2,35,36,43)/t19-,20?,22-,23-,24-,27+;17-,18?,19-,20-,23+,24+;17-,18-,19-,20-,21-,24+/m000/s1. The van der Waals surface area contributed by atoms with Crippen LogP contribution >= 0.6 is 34.5 Å². The fourth-order valence-electron chi connectivity index (χ4n) is 18.3. The van der Waals surface area contributed by atoms with Crippen LogP contribution in [-0.4, -0.2) is 230 Å². The maximum Gasteiger partial charge on any atom is 0.316 e. The van der Waals surface area contributed by atoms with E-state index in [1.165, 1.54) is 38.2 Å². The van der Waals surface area contributed by atoms with Crippen LogP contribution in [0, 0.1) is 97.6 Å². The summed E-state index contributed by atoms with van der Waals surface area (Å²) in [5.41, 5.74) is 2.09. The first kappa shape index (κ1) is 108. The highest BCUT2D eigenvalue weighted by atomic mass is 35.5. The monoisotopic (exact) mass is 1870 g/mol. The Bertz CT molecular complexity index is 4450. The zero-order valence-electron chi connectivity index (χ0n) is 80.4. The molecule has 0 bridgehead atoms. The van der Waals surface area contributed by atoms with Gasteiger partial charge in [0.1, 0.15) is 40.6 Å². The van der Waals surface area contributed by atoms with Crippen LogP contribution in [0.2, 0.25) is 0 Å². The minimum absolute atomic E-state index is 0.0185. The summed E-state index contributed by atoms with van der Waals surface area (Å²) in [4.78, 5) is 242. The summed E-state index contributed by atoms with van der Waals surface area (Å²) in [5.74, 6) is -10.0. The van der Waals surface area contributed by atoms with E-state index >= 15 is 0 Å². The second-order valence-corrected chi connectivity index (χ2v) is 45.4. The lowest BCUT2D eigenvalue weighted by atomic mass is 9.81. The van der Waals surface area contributed by atoms with Crippen molar-refractivity contribution in [1.82, 2.24) is 73.2 Å². The molecule has 13 N–H and O–H groups in total. The summed E-state index contributed by atoms with van der Waals surface area (Å²) >= 11 is 14.3. The Balaban J connectivity index is 0.000000267. The number of nitrogens with two attached hydrogens (primary N) is 1. The predicted molar refractivity (Wildman–Crippen MR) is 494 cm³/mol. The first-order valence-electron chi connectivity index (χ1n) is 45.8. The molecule has 15 amide bonds. The van der Waals surface area contributed by atoms with Crippen LogP contribution in [0.25, 0.3) is 0 Å². The number of thiophene rings is 1. The number of alkyl halides is 2. The molecule has 33 nitrogen and oxygen atoms in total. The molecule has 36 heteroatoms. The van der Waals surface area contributed by atoms with Gasteiger partial charge in [-0.05, 0) is 117 Å². The van der Waals surface area contributed by atoms with Gasteiger partial charge in [0, 0.05) is 56.4 Å². The van der Waals surface area contributed by atoms with E-state index in [1.54, 1.807) is 52.1 Å². The molecule has 0 aromatic carbocycles. The fourth-order valence-corrected chi connectivity index (χ4v) is 19.8. The summed E-state index contributed by atoms with van der Waals surface area (Å²) < 4.78 is -1.24. The number of amides is 15. The molecule has 8 fully saturated rings. The molecule has 4 heterocycles. The average Bonchev–Trinajstić information content (AvgIpc) is 1.53. The number of Topliss-reactive ketones (excluding diaryl/α,β-unsaturated/α-hetero) is 6. The topological polar surface area (TPSA) is 475 Å². The molecule has 9 rings (SSSR count). The molecule has 8 aliphatic rings. The predicted octanol–water partition coefficient (Wildman–Crippen LogP) is 7.96. The molecule has 5 aliphatic carbocycles. The lowest BCUT2D eigenvalue weighted by Gasteiger charge is -2.38. The van der Waals surface area contributed by atoms with Gasteiger partial charge in [0.15, 0.2) is 17.3 Å². The zero-order chi connectivity index (χ0) is 98.4. The van der Waals surface area contributed by atoms with Crippen LogP contribution in [-0.2, 0) is 67.1 Å². The SMILES string of the molecule is C=CCNC(=O)C(=O)C(CCC)NC(=O)[C@@H]1[C@@H]2[C@H](CN1C(=O)[C@@H](NC(=O)N[C@H](C(=O)c1cccs1)C(C)C)C(C)(C)C)C2(C)C.C=CCNC(=O)C(=O)[C@H](CCC)NC(=O)[C@@H]1[C@@H]2[C@H](CN1C(=O)[C@@H](NC(=O)N[C@H](C(=O)C1CC1)C(C)C)C(C)(C)C)C2(Cl)Cl.CC(C)C(=O)[C@@H](NC(=O)N[C@H](C(=O)N1C[C@H]2[C@@H]([C@H]1C(=O)NC(CC1CC1)C(=O)C(N)=O)C2(C)C)C(C)(C)C)C(C)(C)C. The van der Waals surface area contributed by atoms with Gasteiger partial charge >= 0.3 is 18.1 Å². The van der Waals surface area contributed by atoms with Crippen LogP contribution in [0.5, 0.6) is 0 Å². The molecule has 5 saturated carbocycles. The molecule has 130 heavy (non-hydrogen) atoms. The highest BCUT2D eigenvalue weighted by molar-refractivity contribution is 7.12. The van der Waals surface area contributed by atoms with E-state index in [0.717, 1.165) is 25.7 Å². The van der Waals surface area contributed by atoms with Gasteiger partial charge in [-0.15, -0.1) is 47.7 Å². The number of hydrogen-bond acceptors (Lipinski definition) is 19. The Kier molecular flexibility index (Phi) is 35.5. The van der Waals surface area contributed by atoms with Gasteiger partial charge in [-0.1, -0.05) is 210 Å². The molecule has 1 aromatic rings. The van der Waals surface area contributed by atoms with Gasteiger partial charge in [-0.3, -0.25) is 71.9 Å². The van der Waals surface area contributed by atoms with E-state index in [1.807, 2.05) is 132 Å². The number of hydrogen-bond donors (Lipinski definition) is 12. The number of halogens is 2. The second kappa shape index (κ2) is 42.8. The van der Waals surface area contributed by atoms with Crippen molar-refractivity contribution in [2.45, 2.75) is 301 Å². The van der Waals surface area contributed by atoms with E-state index < -0.39 is 193 Å². The molecule has 0 spiro atoms. The first-order valence-corrected chi connectivity index (χ1v) is 47.4. The fraction of sp³-hybridized carbons (Fsp3) is 0.723. The molecule has 1 aromatic heterocycles. The van der Waals surface area contributed by atoms with Crippen molar-refractivity contribution in [3.05, 3.63) is 47.7 Å². The number of piperidine rings is 3. The number of likely N-dealkylation sites (tertiary alicyclic amines) is 3. The maximum absolute atomic E-state index is 14.2. The lowest BCUT2D eigenvalue weighted by Crippen LogP contribution is -2.62. The van der Waals surface area contributed by atoms with Crippen molar-refractivity contribution >= 4 is 140 Å². The van der Waals surface area contributed by atoms with Gasteiger partial charge in [0.25, 0.3) is 17.7 Å². The third-order valence-corrected chi connectivity index (χ3v) is 28.6. The molecule has 3 saturated heterocycles. The number of ketones is 6. The number of primary amides is 1. The van der Waals surface area contributed by atoms with Gasteiger partial charge in [-0.25, -0.2) is 14.4 Å². The largest absolute Gasteiger partial charge is 0.363 e. The maximum atomic E-state index is 14.2. The van der Waals surface area contributed by atoms with Crippen molar-refractivity contribution in [2.75, 3.05) is 32.7 Å². The van der Waals surface area contributed by atoms with Crippen LogP contribution in [0.3, 0.4) is 0 Å². The third kappa shape index (κ3) is 26.0. The molecular weight excluding hydrogens is 1730 g/mol. The van der Waals surface area contributed by atoms with Gasteiger partial charge in [0.2, 0.25) is 52.8 Å². The normalized spacial score (nSPS) is 23.7. The molecule has 18 atom stereocenters. The van der Waals surface area contributed by atoms with E-state index in [9.17, 15) is 86.3 Å². The molecular formula is C94H145Cl2N15O18S. The number of urea groups is 3. The number of carbonyl (C=O) groups excluding carboxylic acids is 18. The number of carbonyl (C=O) groups is 18. The Labute approximate surface area is 780 Å². The molecule has 0 radical (unpaired) electrons. The van der Waals surface area contributed by atoms with Crippen LogP contribution < -0.4 is 64.2 Å². The van der Waals surface area contributed by atoms with Crippen LogP contribution in [0.1, 0.15) is 234 Å². The summed E-state index contributed by atoms with van der Waals surface area (Å²) in [7, 11) is 0. The minimum atomic E-state index is -1.24. The summed E-state index contributed by atoms with van der Waals surface area (Å²) in [6, 6.07) is -9.85. The molecule has 2 unspecified atom stereocenters. The number of nitrogens with one attached hydrogen (secondary N) is 11. The Morgan fingerprint density at radius 2 is 0.838 bits per heavy atom. The van der Waals surface area contributed by atoms with E-state index in [2.05, 4.69) is 71.6 Å². The van der Waals surface area contributed by atoms with Crippen molar-refractivity contribution < 1.29 is 86.3 Å². The first-order chi connectivity index (χ1) is 60.0. The summed E-state index contributed by atoms with van der Waals surface area (Å²) in [5, 5.41) is 31.6. The Hall–Kier alpha value is -9.18. The Morgan fingerprint density at radius 3 is 1.16 bits per heavy atom. The second-order valence-electron chi connectivity index (χ2n) is 43.0. The van der Waals surface area contributed by atoms with Crippen LogP contribution in [0.4, 0.5) is 14.4 Å². The zero-order valence-corrected chi connectivity index (χ0v) is 82.7. The molecule has 724 valence electrons. The smallest absolute Gasteiger partial charge is 0.316 e. The van der Waals surface area contributed by atoms with Crippen molar-refractivity contribution in [3.8, 4) is 0 Å². The van der Waals surface area contributed by atoms with Gasteiger partial charge in [0.05, 0.1) is 41.1 Å². The quantitative estimate of drug-likeness (QED) is 0.0129. The molecule has 3 aliphatic heterocycles. The minimum Gasteiger partial charge on any atom is -0.363 e. The summed E-state index contributed by atoms with van der Waals surface area (Å²) in [6.45, 7) is 52.6. The summed E-state index contributed by atoms with van der Waals surface area (Å²) in [6.07, 6.45) is 8.20. The lowest BCUT2D eigenvalue weighted by molar-refractivity contribution is -0.145. The van der Waals surface area contributed by atoms with Crippen molar-refractivity contribution in [1.29, 1.82) is 0 Å². The van der Waals surface area contributed by atoms with Gasteiger partial charge < -0.3 is 78.9 Å². The van der Waals surface area contributed by atoms with Crippen molar-refractivity contribution in [3.63, 3.8) is 0 Å². The Morgan fingerprint density at radius 1 is 0.485 bits per heavy atom. The number of nitrogens with zero attached hydrogens (tertiary/aromatic N) is 3. The third-order valence-electron chi connectivity index (χ3n) is 26.6. The van der Waals surface area contributed by atoms with Crippen LogP contribution in [0.15, 0.2) is 42.8 Å². The highest BCUT2D eigenvalue weighted by Crippen LogP contribution is 2.67. The number of rotatable bonds is 39. The van der Waals surface area contributed by atoms with Crippen molar-refractivity contribution in [2.24, 2.45) is 103 Å².